The van der Waals surface area contributed by atoms with Crippen LogP contribution in [0.1, 0.15) is 15.9 Å². The molecule has 0 radical (unpaired) electrons. The quantitative estimate of drug-likeness (QED) is 0.642. The first kappa shape index (κ1) is 19.1. The molecule has 1 aromatic heterocycles. The lowest BCUT2D eigenvalue weighted by Crippen LogP contribution is -2.30. The van der Waals surface area contributed by atoms with Gasteiger partial charge in [-0.25, -0.2) is 18.7 Å². The van der Waals surface area contributed by atoms with Crippen LogP contribution in [0.25, 0.3) is 5.69 Å². The fourth-order valence-corrected chi connectivity index (χ4v) is 2.56. The number of methoxy groups -OCH3 is 1. The van der Waals surface area contributed by atoms with Crippen LogP contribution in [0.2, 0.25) is 0 Å². The topological polar surface area (TPSA) is 85.2 Å². The SMILES string of the molecule is COC(=O)c1ccc(F)c(NC(=O)NCCc2cnn(-c3ccccc3)c2)c1. The number of hydrogen-bond donors (Lipinski definition) is 2. The number of halogens is 1. The number of amides is 2. The van der Waals surface area contributed by atoms with Gasteiger partial charge in [0.05, 0.1) is 30.2 Å². The number of benzene rings is 2. The Hall–Kier alpha value is -3.68. The van der Waals surface area contributed by atoms with Crippen molar-refractivity contribution in [1.82, 2.24) is 15.1 Å². The minimum Gasteiger partial charge on any atom is -0.465 e. The molecule has 1 heterocycles. The van der Waals surface area contributed by atoms with Crippen molar-refractivity contribution < 1.29 is 18.7 Å². The molecule has 0 unspecified atom stereocenters. The van der Waals surface area contributed by atoms with E-state index in [-0.39, 0.29) is 11.3 Å². The highest BCUT2D eigenvalue weighted by Crippen LogP contribution is 2.16. The second kappa shape index (κ2) is 8.81. The van der Waals surface area contributed by atoms with Crippen LogP contribution < -0.4 is 10.6 Å². The van der Waals surface area contributed by atoms with Gasteiger partial charge in [0.25, 0.3) is 0 Å². The molecule has 0 fully saturated rings. The summed E-state index contributed by atoms with van der Waals surface area (Å²) in [6.45, 7) is 0.338. The molecule has 28 heavy (non-hydrogen) atoms. The largest absolute Gasteiger partial charge is 0.465 e. The monoisotopic (exact) mass is 382 g/mol. The van der Waals surface area contributed by atoms with Gasteiger partial charge in [0.2, 0.25) is 0 Å². The second-order valence-corrected chi connectivity index (χ2v) is 5.95. The van der Waals surface area contributed by atoms with Crippen molar-refractivity contribution in [2.45, 2.75) is 6.42 Å². The lowest BCUT2D eigenvalue weighted by molar-refractivity contribution is 0.0600. The summed E-state index contributed by atoms with van der Waals surface area (Å²) in [6, 6.07) is 12.7. The number of urea groups is 1. The molecule has 2 aromatic carbocycles. The van der Waals surface area contributed by atoms with E-state index in [1.807, 2.05) is 36.5 Å². The highest BCUT2D eigenvalue weighted by atomic mass is 19.1. The van der Waals surface area contributed by atoms with Gasteiger partial charge in [-0.15, -0.1) is 0 Å². The maximum Gasteiger partial charge on any atom is 0.337 e. The lowest BCUT2D eigenvalue weighted by atomic mass is 10.2. The van der Waals surface area contributed by atoms with Gasteiger partial charge < -0.3 is 15.4 Å². The predicted molar refractivity (Wildman–Crippen MR) is 102 cm³/mol. The average Bonchev–Trinajstić information content (AvgIpc) is 3.18. The van der Waals surface area contributed by atoms with Gasteiger partial charge in [-0.3, -0.25) is 0 Å². The Morgan fingerprint density at radius 1 is 1.18 bits per heavy atom. The van der Waals surface area contributed by atoms with Crippen LogP contribution >= 0.6 is 0 Å². The number of ether oxygens (including phenoxy) is 1. The first-order chi connectivity index (χ1) is 13.6. The minimum absolute atomic E-state index is 0.0997. The summed E-state index contributed by atoms with van der Waals surface area (Å²) in [6.07, 6.45) is 4.17. The number of para-hydroxylation sites is 1. The molecule has 0 aliphatic heterocycles. The standard InChI is InChI=1S/C20H19FN4O3/c1-28-19(26)15-7-8-17(21)18(11-15)24-20(27)22-10-9-14-12-23-25(13-14)16-5-3-2-4-6-16/h2-8,11-13H,9-10H2,1H3,(H2,22,24,27). The first-order valence-electron chi connectivity index (χ1n) is 8.58. The Bertz CT molecular complexity index is 973. The van der Waals surface area contributed by atoms with Crippen LogP contribution in [-0.2, 0) is 11.2 Å². The Balaban J connectivity index is 1.53. The number of aromatic nitrogens is 2. The van der Waals surface area contributed by atoms with Gasteiger partial charge in [0.1, 0.15) is 5.82 Å². The van der Waals surface area contributed by atoms with Crippen molar-refractivity contribution in [3.63, 3.8) is 0 Å². The first-order valence-corrected chi connectivity index (χ1v) is 8.58. The number of rotatable bonds is 6. The van der Waals surface area contributed by atoms with Crippen LogP contribution in [-0.4, -0.2) is 35.4 Å². The maximum absolute atomic E-state index is 13.8. The molecule has 3 rings (SSSR count). The van der Waals surface area contributed by atoms with E-state index >= 15 is 0 Å². The molecule has 8 heteroatoms. The highest BCUT2D eigenvalue weighted by molar-refractivity contribution is 5.94. The smallest absolute Gasteiger partial charge is 0.337 e. The molecule has 2 N–H and O–H groups in total. The molecule has 0 aliphatic carbocycles. The molecule has 0 saturated heterocycles. The van der Waals surface area contributed by atoms with E-state index in [0.29, 0.717) is 13.0 Å². The van der Waals surface area contributed by atoms with Gasteiger partial charge in [-0.2, -0.15) is 5.10 Å². The van der Waals surface area contributed by atoms with E-state index in [1.165, 1.54) is 19.2 Å². The van der Waals surface area contributed by atoms with Crippen molar-refractivity contribution in [2.75, 3.05) is 19.0 Å². The predicted octanol–water partition coefficient (Wildman–Crippen LogP) is 3.16. The lowest BCUT2D eigenvalue weighted by Gasteiger charge is -2.09. The molecule has 144 valence electrons. The van der Waals surface area contributed by atoms with Crippen LogP contribution in [0, 0.1) is 5.82 Å². The van der Waals surface area contributed by atoms with Crippen molar-refractivity contribution >= 4 is 17.7 Å². The zero-order chi connectivity index (χ0) is 19.9. The van der Waals surface area contributed by atoms with Crippen LogP contribution in [0.15, 0.2) is 60.9 Å². The molecule has 2 amide bonds. The Kier molecular flexibility index (Phi) is 6.01. The second-order valence-electron chi connectivity index (χ2n) is 5.95. The normalized spacial score (nSPS) is 10.4. The molecule has 7 nitrogen and oxygen atoms in total. The van der Waals surface area contributed by atoms with E-state index in [4.69, 9.17) is 0 Å². The molecular formula is C20H19FN4O3. The van der Waals surface area contributed by atoms with E-state index in [2.05, 4.69) is 20.5 Å². The van der Waals surface area contributed by atoms with Gasteiger partial charge in [0.15, 0.2) is 0 Å². The van der Waals surface area contributed by atoms with E-state index in [0.717, 1.165) is 17.3 Å². The molecular weight excluding hydrogens is 363 g/mol. The Morgan fingerprint density at radius 2 is 1.96 bits per heavy atom. The number of carbonyl (C=O) groups is 2. The summed E-state index contributed by atoms with van der Waals surface area (Å²) in [5.41, 5.74) is 1.94. The minimum atomic E-state index is -0.646. The number of anilines is 1. The number of nitrogens with one attached hydrogen (secondary N) is 2. The summed E-state index contributed by atoms with van der Waals surface area (Å²) in [5, 5.41) is 9.33. The third-order valence-electron chi connectivity index (χ3n) is 3.99. The average molecular weight is 382 g/mol. The highest BCUT2D eigenvalue weighted by Gasteiger charge is 2.12. The summed E-state index contributed by atoms with van der Waals surface area (Å²) in [7, 11) is 1.23. The van der Waals surface area contributed by atoms with Gasteiger partial charge in [0, 0.05) is 12.7 Å². The van der Waals surface area contributed by atoms with Crippen molar-refractivity contribution in [1.29, 1.82) is 0 Å². The van der Waals surface area contributed by atoms with Gasteiger partial charge in [-0.1, -0.05) is 18.2 Å². The van der Waals surface area contributed by atoms with Gasteiger partial charge >= 0.3 is 12.0 Å². The van der Waals surface area contributed by atoms with Crippen LogP contribution in [0.4, 0.5) is 14.9 Å². The van der Waals surface area contributed by atoms with Crippen molar-refractivity contribution in [2.24, 2.45) is 0 Å². The van der Waals surface area contributed by atoms with E-state index < -0.39 is 17.8 Å². The third kappa shape index (κ3) is 4.73. The summed E-state index contributed by atoms with van der Waals surface area (Å²) < 4.78 is 20.2. The summed E-state index contributed by atoms with van der Waals surface area (Å²) in [5.74, 6) is -1.26. The molecule has 0 bridgehead atoms. The fourth-order valence-electron chi connectivity index (χ4n) is 2.56. The van der Waals surface area contributed by atoms with Crippen molar-refractivity contribution in [3.8, 4) is 5.69 Å². The van der Waals surface area contributed by atoms with Gasteiger partial charge in [-0.05, 0) is 42.3 Å². The number of nitrogens with zero attached hydrogens (tertiary/aromatic N) is 2. The Labute approximate surface area is 161 Å². The van der Waals surface area contributed by atoms with Crippen LogP contribution in [0.3, 0.4) is 0 Å². The summed E-state index contributed by atoms with van der Waals surface area (Å²) >= 11 is 0. The zero-order valence-electron chi connectivity index (χ0n) is 15.2. The Morgan fingerprint density at radius 3 is 2.71 bits per heavy atom. The molecule has 3 aromatic rings. The maximum atomic E-state index is 13.8. The molecule has 0 atom stereocenters. The molecule has 0 aliphatic rings. The van der Waals surface area contributed by atoms with Crippen molar-refractivity contribution in [3.05, 3.63) is 77.9 Å². The van der Waals surface area contributed by atoms with E-state index in [1.54, 1.807) is 10.9 Å². The third-order valence-corrected chi connectivity index (χ3v) is 3.99. The molecule has 0 saturated carbocycles. The number of carbonyl (C=O) groups excluding carboxylic acids is 2. The fraction of sp³-hybridized carbons (Fsp3) is 0.150. The molecule has 0 spiro atoms. The van der Waals surface area contributed by atoms with Crippen LogP contribution in [0.5, 0.6) is 0 Å². The zero-order valence-corrected chi connectivity index (χ0v) is 15.2. The number of hydrogen-bond acceptors (Lipinski definition) is 4. The number of esters is 1. The van der Waals surface area contributed by atoms with E-state index in [9.17, 15) is 14.0 Å². The summed E-state index contributed by atoms with van der Waals surface area (Å²) in [4.78, 5) is 23.5.